The highest BCUT2D eigenvalue weighted by molar-refractivity contribution is 7.86. The Hall–Kier alpha value is -1.66. The predicted molar refractivity (Wildman–Crippen MR) is 113 cm³/mol. The smallest absolute Gasteiger partial charge is 0.429 e. The van der Waals surface area contributed by atoms with E-state index in [0.29, 0.717) is 6.42 Å². The van der Waals surface area contributed by atoms with Gasteiger partial charge in [-0.2, -0.15) is 43.2 Å². The van der Waals surface area contributed by atoms with Gasteiger partial charge in [0.2, 0.25) is 11.2 Å². The maximum atomic E-state index is 13.7. The highest BCUT2D eigenvalue weighted by atomic mass is 32.2. The Morgan fingerprint density at radius 1 is 0.737 bits per heavy atom. The van der Waals surface area contributed by atoms with Gasteiger partial charge < -0.3 is 9.47 Å². The Bertz CT molecular complexity index is 1110. The van der Waals surface area contributed by atoms with Gasteiger partial charge in [0.25, 0.3) is 20.2 Å². The molecule has 220 valence electrons. The van der Waals surface area contributed by atoms with Crippen LogP contribution in [0.4, 0.5) is 26.3 Å². The van der Waals surface area contributed by atoms with E-state index in [9.17, 15) is 52.8 Å². The fourth-order valence-corrected chi connectivity index (χ4v) is 8.24. The van der Waals surface area contributed by atoms with Crippen LogP contribution in [0.1, 0.15) is 52.4 Å². The molecule has 18 heteroatoms. The Morgan fingerprint density at radius 2 is 1.03 bits per heavy atom. The standard InChI is InChI=1S/C20H26F6O10S2/c1-15(19(21,22)23,9-37(29,30)31)35-13(27)17-4-11-3-12(5-17)7-18(6-11,8-17)14(28)36-16(2,20(24,25)26)10-38(32,33)34/h11-12H,3-10H2,1-2H3,(H,29,30,31)(H,32,33,34). The molecule has 0 aromatic carbocycles. The summed E-state index contributed by atoms with van der Waals surface area (Å²) in [4.78, 5) is 26.4. The van der Waals surface area contributed by atoms with Gasteiger partial charge in [-0.3, -0.25) is 18.7 Å². The molecule has 10 nitrogen and oxygen atoms in total. The average Bonchev–Trinajstić information content (AvgIpc) is 2.61. The van der Waals surface area contributed by atoms with Crippen LogP contribution in [0.3, 0.4) is 0 Å². The number of carbonyl (C=O) groups is 2. The molecule has 4 fully saturated rings. The molecule has 0 radical (unpaired) electrons. The van der Waals surface area contributed by atoms with E-state index in [2.05, 4.69) is 9.47 Å². The third-order valence-corrected chi connectivity index (χ3v) is 9.51. The first-order chi connectivity index (χ1) is 16.7. The van der Waals surface area contributed by atoms with Crippen molar-refractivity contribution in [2.45, 2.75) is 75.9 Å². The molecule has 0 heterocycles. The van der Waals surface area contributed by atoms with Crippen LogP contribution < -0.4 is 0 Å². The zero-order chi connectivity index (χ0) is 29.4. The van der Waals surface area contributed by atoms with Crippen molar-refractivity contribution in [2.24, 2.45) is 22.7 Å². The molecule has 0 spiro atoms. The van der Waals surface area contributed by atoms with Crippen LogP contribution in [0, 0.1) is 22.7 Å². The van der Waals surface area contributed by atoms with E-state index < -0.39 is 96.3 Å². The summed E-state index contributed by atoms with van der Waals surface area (Å²) in [6.45, 7) is 0.487. The van der Waals surface area contributed by atoms with Gasteiger partial charge in [-0.25, -0.2) is 0 Å². The molecule has 2 unspecified atom stereocenters. The largest absolute Gasteiger partial charge is 0.448 e. The molecule has 2 N–H and O–H groups in total. The SMILES string of the molecule is CC(CS(=O)(=O)O)(OC(=O)C12CC3CC(C1)CC(C(=O)OC(C)(CS(=O)(=O)O)C(F)(F)F)(C3)C2)C(F)(F)F. The normalized spacial score (nSPS) is 32.8. The summed E-state index contributed by atoms with van der Waals surface area (Å²) in [6.07, 6.45) is -11.4. The first-order valence-electron chi connectivity index (χ1n) is 11.2. The summed E-state index contributed by atoms with van der Waals surface area (Å²) in [7, 11) is -10.6. The van der Waals surface area contributed by atoms with Crippen molar-refractivity contribution in [3.8, 4) is 0 Å². The lowest BCUT2D eigenvalue weighted by Gasteiger charge is -2.60. The molecule has 4 bridgehead atoms. The van der Waals surface area contributed by atoms with E-state index >= 15 is 0 Å². The van der Waals surface area contributed by atoms with Crippen molar-refractivity contribution in [1.82, 2.24) is 0 Å². The highest BCUT2D eigenvalue weighted by Gasteiger charge is 2.68. The number of ether oxygens (including phenoxy) is 2. The Morgan fingerprint density at radius 3 is 1.26 bits per heavy atom. The lowest BCUT2D eigenvalue weighted by Crippen LogP contribution is -2.62. The monoisotopic (exact) mass is 604 g/mol. The van der Waals surface area contributed by atoms with Gasteiger partial charge in [-0.15, -0.1) is 0 Å². The van der Waals surface area contributed by atoms with Gasteiger partial charge in [0.15, 0.2) is 0 Å². The van der Waals surface area contributed by atoms with Crippen molar-refractivity contribution in [1.29, 1.82) is 0 Å². The quantitative estimate of drug-likeness (QED) is 0.239. The number of alkyl halides is 6. The first-order valence-corrected chi connectivity index (χ1v) is 14.5. The summed E-state index contributed by atoms with van der Waals surface area (Å²) in [5.74, 6) is -8.08. The minimum Gasteiger partial charge on any atom is -0.448 e. The molecule has 0 amide bonds. The topological polar surface area (TPSA) is 161 Å². The highest BCUT2D eigenvalue weighted by Crippen LogP contribution is 2.66. The lowest BCUT2D eigenvalue weighted by atomic mass is 9.44. The summed E-state index contributed by atoms with van der Waals surface area (Å²) in [5, 5.41) is 0. The third kappa shape index (κ3) is 5.91. The molecule has 38 heavy (non-hydrogen) atoms. The Labute approximate surface area is 213 Å². The third-order valence-electron chi connectivity index (χ3n) is 7.68. The number of hydrogen-bond acceptors (Lipinski definition) is 8. The van der Waals surface area contributed by atoms with Crippen LogP contribution >= 0.6 is 0 Å². The Balaban J connectivity index is 1.95. The summed E-state index contributed by atoms with van der Waals surface area (Å²) in [6, 6.07) is 0. The van der Waals surface area contributed by atoms with Gasteiger partial charge in [-0.05, 0) is 64.2 Å². The molecule has 2 atom stereocenters. The molecule has 0 saturated heterocycles. The minimum atomic E-state index is -5.44. The minimum absolute atomic E-state index is 0.0846. The molecule has 0 aromatic heterocycles. The van der Waals surface area contributed by atoms with E-state index in [1.807, 2.05) is 0 Å². The van der Waals surface area contributed by atoms with Gasteiger partial charge in [0.1, 0.15) is 11.5 Å². The zero-order valence-corrected chi connectivity index (χ0v) is 21.7. The van der Waals surface area contributed by atoms with Crippen molar-refractivity contribution >= 4 is 32.2 Å². The van der Waals surface area contributed by atoms with Gasteiger partial charge in [0, 0.05) is 0 Å². The number of halogens is 6. The van der Waals surface area contributed by atoms with Crippen LogP contribution in [0.25, 0.3) is 0 Å². The Kier molecular flexibility index (Phi) is 7.25. The van der Waals surface area contributed by atoms with Crippen LogP contribution in [0.2, 0.25) is 0 Å². The van der Waals surface area contributed by atoms with Crippen molar-refractivity contribution in [3.05, 3.63) is 0 Å². The molecular weight excluding hydrogens is 578 g/mol. The molecule has 4 saturated carbocycles. The fraction of sp³-hybridized carbons (Fsp3) is 0.900. The average molecular weight is 605 g/mol. The molecule has 0 aliphatic heterocycles. The molecule has 4 rings (SSSR count). The predicted octanol–water partition coefficient (Wildman–Crippen LogP) is 3.08. The van der Waals surface area contributed by atoms with Crippen molar-refractivity contribution < 1.29 is 71.3 Å². The van der Waals surface area contributed by atoms with Crippen LogP contribution in [-0.2, 0) is 39.3 Å². The molecular formula is C20H26F6O10S2. The molecule has 4 aliphatic carbocycles. The maximum absolute atomic E-state index is 13.7. The summed E-state index contributed by atoms with van der Waals surface area (Å²) in [5.41, 5.74) is -10.9. The second-order valence-corrected chi connectivity index (χ2v) is 14.1. The second kappa shape index (κ2) is 8.92. The second-order valence-electron chi connectivity index (χ2n) is 11.2. The van der Waals surface area contributed by atoms with E-state index in [-0.39, 0.29) is 39.5 Å². The zero-order valence-electron chi connectivity index (χ0n) is 20.1. The van der Waals surface area contributed by atoms with Crippen LogP contribution in [0.15, 0.2) is 0 Å². The van der Waals surface area contributed by atoms with Crippen molar-refractivity contribution in [2.75, 3.05) is 11.5 Å². The first kappa shape index (κ1) is 30.9. The maximum Gasteiger partial charge on any atom is 0.429 e. The number of esters is 2. The van der Waals surface area contributed by atoms with Crippen LogP contribution in [0.5, 0.6) is 0 Å². The van der Waals surface area contributed by atoms with Crippen molar-refractivity contribution in [3.63, 3.8) is 0 Å². The molecule has 0 aromatic rings. The van der Waals surface area contributed by atoms with E-state index in [0.717, 1.165) is 0 Å². The number of hydrogen-bond donors (Lipinski definition) is 2. The molecule has 4 aliphatic rings. The summed E-state index contributed by atoms with van der Waals surface area (Å²) < 4.78 is 154. The lowest BCUT2D eigenvalue weighted by molar-refractivity contribution is -0.272. The summed E-state index contributed by atoms with van der Waals surface area (Å²) >= 11 is 0. The van der Waals surface area contributed by atoms with E-state index in [4.69, 9.17) is 9.11 Å². The fourth-order valence-electron chi connectivity index (χ4n) is 6.40. The van der Waals surface area contributed by atoms with Gasteiger partial charge >= 0.3 is 24.3 Å². The van der Waals surface area contributed by atoms with Gasteiger partial charge in [0.05, 0.1) is 10.8 Å². The van der Waals surface area contributed by atoms with E-state index in [1.165, 1.54) is 0 Å². The van der Waals surface area contributed by atoms with Crippen LogP contribution in [-0.4, -0.2) is 72.9 Å². The van der Waals surface area contributed by atoms with Gasteiger partial charge in [-0.1, -0.05) is 0 Å². The van der Waals surface area contributed by atoms with E-state index in [1.54, 1.807) is 0 Å². The number of carbonyl (C=O) groups excluding carboxylic acids is 2. The number of rotatable bonds is 8.